The minimum Gasteiger partial charge on any atom is -0.478 e. The molecule has 82 valence electrons. The Bertz CT molecular complexity index is 498. The molecule has 0 saturated carbocycles. The maximum absolute atomic E-state index is 10.2. The van der Waals surface area contributed by atoms with Gasteiger partial charge in [-0.05, 0) is 12.1 Å². The molecule has 0 aliphatic rings. The van der Waals surface area contributed by atoms with Crippen molar-refractivity contribution in [3.63, 3.8) is 0 Å². The second-order valence-corrected chi connectivity index (χ2v) is 4.33. The van der Waals surface area contributed by atoms with Crippen LogP contribution in [0.2, 0.25) is 0 Å². The van der Waals surface area contributed by atoms with Gasteiger partial charge in [0.25, 0.3) is 0 Å². The minimum atomic E-state index is -0.905. The topological polar surface area (TPSA) is 53.1 Å². The lowest BCUT2D eigenvalue weighted by molar-refractivity contribution is -0.131. The first-order chi connectivity index (χ1) is 7.75. The predicted octanol–water partition coefficient (Wildman–Crippen LogP) is 2.90. The summed E-state index contributed by atoms with van der Waals surface area (Å²) in [5.41, 5.74) is 1.10. The van der Waals surface area contributed by atoms with E-state index >= 15 is 0 Å². The number of nitrogens with one attached hydrogen (secondary N) is 1. The lowest BCUT2D eigenvalue weighted by atomic mass is 10.3. The third kappa shape index (κ3) is 2.67. The molecule has 0 fully saturated rings. The summed E-state index contributed by atoms with van der Waals surface area (Å²) in [6.45, 7) is 0. The normalized spacial score (nSPS) is 11.2. The van der Waals surface area contributed by atoms with Crippen molar-refractivity contribution in [2.45, 2.75) is 5.03 Å². The van der Waals surface area contributed by atoms with Gasteiger partial charge in [0.2, 0.25) is 0 Å². The summed E-state index contributed by atoms with van der Waals surface area (Å²) in [6.07, 6.45) is 2.80. The number of carboxylic acid groups (broad SMARTS) is 1. The summed E-state index contributed by atoms with van der Waals surface area (Å²) in [7, 11) is 0. The highest BCUT2D eigenvalue weighted by Crippen LogP contribution is 2.22. The number of rotatable bonds is 4. The maximum Gasteiger partial charge on any atom is 0.328 e. The molecule has 2 rings (SSSR count). The van der Waals surface area contributed by atoms with Crippen molar-refractivity contribution in [3.8, 4) is 0 Å². The van der Waals surface area contributed by atoms with E-state index in [-0.39, 0.29) is 0 Å². The lowest BCUT2D eigenvalue weighted by Gasteiger charge is -1.91. The fourth-order valence-electron chi connectivity index (χ4n) is 1.41. The van der Waals surface area contributed by atoms with Crippen molar-refractivity contribution in [1.82, 2.24) is 4.98 Å². The van der Waals surface area contributed by atoms with Gasteiger partial charge in [-0.15, -0.1) is 11.8 Å². The molecule has 3 nitrogen and oxygen atoms in total. The van der Waals surface area contributed by atoms with E-state index in [2.05, 4.69) is 11.1 Å². The van der Waals surface area contributed by atoms with Gasteiger partial charge in [-0.3, -0.25) is 0 Å². The molecule has 1 aromatic carbocycles. The van der Waals surface area contributed by atoms with E-state index in [0.717, 1.165) is 16.6 Å². The zero-order valence-electron chi connectivity index (χ0n) is 8.51. The highest BCUT2D eigenvalue weighted by Gasteiger charge is 1.98. The first-order valence-electron chi connectivity index (χ1n) is 4.86. The Morgan fingerprint density at radius 2 is 2.25 bits per heavy atom. The van der Waals surface area contributed by atoms with Crippen molar-refractivity contribution in [2.24, 2.45) is 0 Å². The molecule has 0 atom stereocenters. The van der Waals surface area contributed by atoms with Crippen molar-refractivity contribution >= 4 is 28.6 Å². The Labute approximate surface area is 97.2 Å². The van der Waals surface area contributed by atoms with Crippen LogP contribution in [0.3, 0.4) is 0 Å². The summed E-state index contributed by atoms with van der Waals surface area (Å²) in [6, 6.07) is 10.1. The van der Waals surface area contributed by atoms with E-state index < -0.39 is 5.97 Å². The maximum atomic E-state index is 10.2. The number of aliphatic carboxylic acids is 1. The molecule has 4 heteroatoms. The molecule has 0 spiro atoms. The summed E-state index contributed by atoms with van der Waals surface area (Å²) < 4.78 is 0. The number of H-pyrrole nitrogens is 1. The van der Waals surface area contributed by atoms with Crippen LogP contribution in [-0.2, 0) is 4.79 Å². The standard InChI is InChI=1S/C12H11NO2S/c14-12(15)6-3-7-16-11-8-9-4-1-2-5-10(9)13-11/h1-6,8,13H,7H2,(H,14,15)/b6-3+. The molecule has 0 saturated heterocycles. The number of para-hydroxylation sites is 1. The highest BCUT2D eigenvalue weighted by atomic mass is 32.2. The SMILES string of the molecule is O=C(O)/C=C/CSc1cc2ccccc2[nH]1. The van der Waals surface area contributed by atoms with Gasteiger partial charge in [0.05, 0.1) is 5.03 Å². The van der Waals surface area contributed by atoms with E-state index in [1.807, 2.05) is 24.3 Å². The summed E-state index contributed by atoms with van der Waals surface area (Å²) in [4.78, 5) is 13.5. The van der Waals surface area contributed by atoms with Gasteiger partial charge in [0.1, 0.15) is 0 Å². The molecule has 1 aromatic heterocycles. The summed E-state index contributed by atoms with van der Waals surface area (Å²) in [5.74, 6) is -0.253. The molecular formula is C12H11NO2S. The molecule has 0 aliphatic heterocycles. The van der Waals surface area contributed by atoms with Crippen LogP contribution in [0.15, 0.2) is 47.5 Å². The van der Waals surface area contributed by atoms with E-state index in [0.29, 0.717) is 5.75 Å². The number of benzene rings is 1. The molecule has 0 bridgehead atoms. The third-order valence-corrected chi connectivity index (χ3v) is 2.99. The second-order valence-electron chi connectivity index (χ2n) is 3.27. The van der Waals surface area contributed by atoms with Crippen molar-refractivity contribution in [2.75, 3.05) is 5.75 Å². The van der Waals surface area contributed by atoms with Crippen molar-refractivity contribution in [1.29, 1.82) is 0 Å². The monoisotopic (exact) mass is 233 g/mol. The van der Waals surface area contributed by atoms with E-state index in [9.17, 15) is 4.79 Å². The quantitative estimate of drug-likeness (QED) is 0.630. The minimum absolute atomic E-state index is 0.652. The van der Waals surface area contributed by atoms with Crippen molar-refractivity contribution < 1.29 is 9.90 Å². The first kappa shape index (κ1) is 10.8. The summed E-state index contributed by atoms with van der Waals surface area (Å²) >= 11 is 1.58. The van der Waals surface area contributed by atoms with Gasteiger partial charge in [0.15, 0.2) is 0 Å². The van der Waals surface area contributed by atoms with Crippen LogP contribution >= 0.6 is 11.8 Å². The van der Waals surface area contributed by atoms with Crippen LogP contribution in [0, 0.1) is 0 Å². The molecule has 0 aliphatic carbocycles. The Hall–Kier alpha value is -1.68. The Kier molecular flexibility index (Phi) is 3.31. The van der Waals surface area contributed by atoms with Crippen LogP contribution < -0.4 is 0 Å². The van der Waals surface area contributed by atoms with Gasteiger partial charge in [-0.1, -0.05) is 24.3 Å². The number of hydrogen-bond acceptors (Lipinski definition) is 2. The van der Waals surface area contributed by atoms with Gasteiger partial charge in [-0.2, -0.15) is 0 Å². The number of thioether (sulfide) groups is 1. The number of carbonyl (C=O) groups is 1. The van der Waals surface area contributed by atoms with E-state index in [1.54, 1.807) is 17.8 Å². The molecule has 0 amide bonds. The first-order valence-corrected chi connectivity index (χ1v) is 5.84. The fourth-order valence-corrected chi connectivity index (χ4v) is 2.18. The number of fused-ring (bicyclic) bond motifs is 1. The Morgan fingerprint density at radius 1 is 1.44 bits per heavy atom. The molecule has 2 aromatic rings. The largest absolute Gasteiger partial charge is 0.478 e. The molecule has 0 radical (unpaired) electrons. The Morgan fingerprint density at radius 3 is 3.00 bits per heavy atom. The van der Waals surface area contributed by atoms with Gasteiger partial charge in [0, 0.05) is 22.7 Å². The van der Waals surface area contributed by atoms with Gasteiger partial charge < -0.3 is 10.1 Å². The van der Waals surface area contributed by atoms with Crippen LogP contribution in [0.25, 0.3) is 10.9 Å². The average molecular weight is 233 g/mol. The zero-order valence-corrected chi connectivity index (χ0v) is 9.33. The predicted molar refractivity (Wildman–Crippen MR) is 65.8 cm³/mol. The lowest BCUT2D eigenvalue weighted by Crippen LogP contribution is -1.86. The zero-order chi connectivity index (χ0) is 11.4. The van der Waals surface area contributed by atoms with Crippen LogP contribution in [0.5, 0.6) is 0 Å². The van der Waals surface area contributed by atoms with Crippen molar-refractivity contribution in [3.05, 3.63) is 42.5 Å². The summed E-state index contributed by atoms with van der Waals surface area (Å²) in [5, 5.41) is 10.6. The smallest absolute Gasteiger partial charge is 0.328 e. The van der Waals surface area contributed by atoms with Crippen LogP contribution in [-0.4, -0.2) is 21.8 Å². The Balaban J connectivity index is 2.02. The highest BCUT2D eigenvalue weighted by molar-refractivity contribution is 7.99. The van der Waals surface area contributed by atoms with E-state index in [1.165, 1.54) is 5.39 Å². The molecule has 2 N–H and O–H groups in total. The molecule has 16 heavy (non-hydrogen) atoms. The molecule has 0 unspecified atom stereocenters. The average Bonchev–Trinajstić information content (AvgIpc) is 2.66. The molecular weight excluding hydrogens is 222 g/mol. The van der Waals surface area contributed by atoms with Gasteiger partial charge in [-0.25, -0.2) is 4.79 Å². The number of carboxylic acids is 1. The van der Waals surface area contributed by atoms with Crippen LogP contribution in [0.1, 0.15) is 0 Å². The van der Waals surface area contributed by atoms with Gasteiger partial charge >= 0.3 is 5.97 Å². The van der Waals surface area contributed by atoms with E-state index in [4.69, 9.17) is 5.11 Å². The van der Waals surface area contributed by atoms with Crippen LogP contribution in [0.4, 0.5) is 0 Å². The number of hydrogen-bond donors (Lipinski definition) is 2. The third-order valence-electron chi connectivity index (χ3n) is 2.10. The molecule has 1 heterocycles. The number of aromatic nitrogens is 1. The fraction of sp³-hybridized carbons (Fsp3) is 0.0833. The number of aromatic amines is 1. The second kappa shape index (κ2) is 4.90.